The lowest BCUT2D eigenvalue weighted by molar-refractivity contribution is 0.214. The summed E-state index contributed by atoms with van der Waals surface area (Å²) in [5.41, 5.74) is -1.47. The summed E-state index contributed by atoms with van der Waals surface area (Å²) >= 11 is 0. The molecule has 120 valence electrons. The van der Waals surface area contributed by atoms with Crippen LogP contribution in [0.2, 0.25) is 0 Å². The van der Waals surface area contributed by atoms with Crippen molar-refractivity contribution in [1.82, 2.24) is 9.55 Å². The van der Waals surface area contributed by atoms with E-state index in [1.165, 1.54) is 6.07 Å². The van der Waals surface area contributed by atoms with E-state index < -0.39 is 30.8 Å². The maximum absolute atomic E-state index is 13.3. The van der Waals surface area contributed by atoms with Gasteiger partial charge in [0, 0.05) is 0 Å². The number of nitrogens with zero attached hydrogens (tertiary/aromatic N) is 1. The molecular weight excluding hydrogens is 314 g/mol. The first-order valence-electron chi connectivity index (χ1n) is 6.70. The fourth-order valence-electron chi connectivity index (χ4n) is 2.08. The number of halogens is 1. The highest BCUT2D eigenvalue weighted by molar-refractivity contribution is 7.52. The molecule has 1 aromatic carbocycles. The molecule has 22 heavy (non-hydrogen) atoms. The van der Waals surface area contributed by atoms with Crippen LogP contribution >= 0.6 is 7.60 Å². The van der Waals surface area contributed by atoms with Gasteiger partial charge in [-0.15, -0.1) is 0 Å². The van der Waals surface area contributed by atoms with Crippen LogP contribution in [-0.2, 0) is 19.9 Å². The number of hydrogen-bond acceptors (Lipinski definition) is 5. The van der Waals surface area contributed by atoms with Gasteiger partial charge in [0.25, 0.3) is 0 Å². The lowest BCUT2D eigenvalue weighted by Gasteiger charge is -2.19. The molecule has 0 bridgehead atoms. The van der Waals surface area contributed by atoms with Crippen LogP contribution in [0.5, 0.6) is 0 Å². The number of nitrogens with one attached hydrogen (secondary N) is 1. The summed E-state index contributed by atoms with van der Waals surface area (Å²) in [7, 11) is -3.59. The second-order valence-corrected chi connectivity index (χ2v) is 6.46. The van der Waals surface area contributed by atoms with Gasteiger partial charge < -0.3 is 14.0 Å². The van der Waals surface area contributed by atoms with Crippen LogP contribution in [-0.4, -0.2) is 22.8 Å². The van der Waals surface area contributed by atoms with Crippen LogP contribution in [0.3, 0.4) is 0 Å². The molecule has 2 rings (SSSR count). The first-order chi connectivity index (χ1) is 10.4. The highest BCUT2D eigenvalue weighted by atomic mass is 31.2. The van der Waals surface area contributed by atoms with Gasteiger partial charge in [0.05, 0.1) is 24.2 Å². The molecule has 7 nitrogen and oxygen atoms in total. The van der Waals surface area contributed by atoms with Gasteiger partial charge in [-0.1, -0.05) is 0 Å². The molecule has 0 saturated carbocycles. The van der Waals surface area contributed by atoms with Gasteiger partial charge in [0.1, 0.15) is 12.1 Å². The van der Waals surface area contributed by atoms with E-state index in [-0.39, 0.29) is 24.2 Å². The summed E-state index contributed by atoms with van der Waals surface area (Å²) in [5, 5.41) is 0. The summed E-state index contributed by atoms with van der Waals surface area (Å²) in [5.74, 6) is -0.564. The normalized spacial score (nSPS) is 12.0. The van der Waals surface area contributed by atoms with Crippen molar-refractivity contribution in [1.29, 1.82) is 0 Å². The van der Waals surface area contributed by atoms with Crippen molar-refractivity contribution in [3.63, 3.8) is 0 Å². The largest absolute Gasteiger partial charge is 0.350 e. The van der Waals surface area contributed by atoms with Crippen molar-refractivity contribution in [2.24, 2.45) is 0 Å². The minimum atomic E-state index is -3.59. The molecule has 0 fully saturated rings. The summed E-state index contributed by atoms with van der Waals surface area (Å²) in [6.07, 6.45) is -0.417. The minimum Gasteiger partial charge on any atom is -0.316 e. The zero-order valence-electron chi connectivity index (χ0n) is 12.2. The quantitative estimate of drug-likeness (QED) is 0.647. The zero-order chi connectivity index (χ0) is 16.3. The minimum absolute atomic E-state index is 0.127. The Bertz CT molecular complexity index is 834. The maximum Gasteiger partial charge on any atom is 0.350 e. The molecule has 1 aromatic heterocycles. The van der Waals surface area contributed by atoms with Crippen molar-refractivity contribution in [2.75, 3.05) is 13.2 Å². The predicted octanol–water partition coefficient (Wildman–Crippen LogP) is 2.05. The molecule has 0 aliphatic carbocycles. The topological polar surface area (TPSA) is 90.4 Å². The van der Waals surface area contributed by atoms with Gasteiger partial charge in [-0.05, 0) is 32.0 Å². The Kier molecular flexibility index (Phi) is 4.95. The standard InChI is InChI=1S/C13H16FN2O5P/c1-3-20-22(19,21-4-2)8-16-11-6-5-9(14)7-10(11)15-12(17)13(16)18/h5-7H,3-4,8H2,1-2H3,(H,15,17). The van der Waals surface area contributed by atoms with Crippen LogP contribution < -0.4 is 11.1 Å². The molecule has 0 radical (unpaired) electrons. The molecule has 0 spiro atoms. The summed E-state index contributed by atoms with van der Waals surface area (Å²) < 4.78 is 37.1. The van der Waals surface area contributed by atoms with Gasteiger partial charge in [-0.25, -0.2) is 4.39 Å². The van der Waals surface area contributed by atoms with Gasteiger partial charge in [0.2, 0.25) is 0 Å². The van der Waals surface area contributed by atoms with Gasteiger partial charge >= 0.3 is 18.7 Å². The van der Waals surface area contributed by atoms with Crippen LogP contribution in [0.15, 0.2) is 27.8 Å². The fraction of sp³-hybridized carbons (Fsp3) is 0.385. The smallest absolute Gasteiger partial charge is 0.316 e. The molecule has 0 saturated heterocycles. The molecule has 1 heterocycles. The van der Waals surface area contributed by atoms with Crippen LogP contribution in [0.25, 0.3) is 11.0 Å². The summed E-state index contributed by atoms with van der Waals surface area (Å²) in [4.78, 5) is 26.0. The van der Waals surface area contributed by atoms with Crippen LogP contribution in [0.4, 0.5) is 4.39 Å². The number of H-pyrrole nitrogens is 1. The fourth-order valence-corrected chi connectivity index (χ4v) is 3.73. The zero-order valence-corrected chi connectivity index (χ0v) is 13.1. The molecule has 9 heteroatoms. The van der Waals surface area contributed by atoms with E-state index in [2.05, 4.69) is 4.98 Å². The number of fused-ring (bicyclic) bond motifs is 1. The Labute approximate surface area is 125 Å². The molecule has 0 aliphatic rings. The number of aromatic nitrogens is 2. The third-order valence-corrected chi connectivity index (χ3v) is 4.84. The van der Waals surface area contributed by atoms with Gasteiger partial charge in [-0.2, -0.15) is 0 Å². The number of rotatable bonds is 6. The van der Waals surface area contributed by atoms with E-state index in [4.69, 9.17) is 9.05 Å². The molecular formula is C13H16FN2O5P. The van der Waals surface area contributed by atoms with Crippen molar-refractivity contribution in [2.45, 2.75) is 20.1 Å². The molecule has 0 unspecified atom stereocenters. The van der Waals surface area contributed by atoms with Gasteiger partial charge in [-0.3, -0.25) is 18.7 Å². The Hall–Kier alpha value is -1.76. The Morgan fingerprint density at radius 1 is 1.23 bits per heavy atom. The second kappa shape index (κ2) is 6.56. The van der Waals surface area contributed by atoms with Crippen molar-refractivity contribution in [3.05, 3.63) is 44.7 Å². The first kappa shape index (κ1) is 16.6. The van der Waals surface area contributed by atoms with Crippen molar-refractivity contribution < 1.29 is 18.0 Å². The molecule has 0 amide bonds. The van der Waals surface area contributed by atoms with E-state index in [1.54, 1.807) is 13.8 Å². The van der Waals surface area contributed by atoms with Crippen molar-refractivity contribution >= 4 is 18.6 Å². The Morgan fingerprint density at radius 3 is 2.45 bits per heavy atom. The second-order valence-electron chi connectivity index (χ2n) is 4.44. The average Bonchev–Trinajstić information content (AvgIpc) is 2.44. The third-order valence-electron chi connectivity index (χ3n) is 2.90. The predicted molar refractivity (Wildman–Crippen MR) is 79.6 cm³/mol. The monoisotopic (exact) mass is 330 g/mol. The highest BCUT2D eigenvalue weighted by Gasteiger charge is 2.26. The Morgan fingerprint density at radius 2 is 1.86 bits per heavy atom. The SMILES string of the molecule is CCOP(=O)(Cn1c(=O)c(=O)[nH]c2cc(F)ccc21)OCC. The lowest BCUT2D eigenvalue weighted by atomic mass is 10.3. The molecule has 1 N–H and O–H groups in total. The van der Waals surface area contributed by atoms with Crippen molar-refractivity contribution in [3.8, 4) is 0 Å². The Balaban J connectivity index is 2.63. The molecule has 0 atom stereocenters. The molecule has 2 aromatic rings. The first-order valence-corrected chi connectivity index (χ1v) is 8.43. The van der Waals surface area contributed by atoms with E-state index in [1.807, 2.05) is 0 Å². The number of aromatic amines is 1. The number of hydrogen-bond donors (Lipinski definition) is 1. The van der Waals surface area contributed by atoms with E-state index in [9.17, 15) is 18.5 Å². The average molecular weight is 330 g/mol. The van der Waals surface area contributed by atoms with Gasteiger partial charge in [0.15, 0.2) is 0 Å². The third kappa shape index (κ3) is 3.35. The summed E-state index contributed by atoms with van der Waals surface area (Å²) in [6.45, 7) is 3.53. The summed E-state index contributed by atoms with van der Waals surface area (Å²) in [6, 6.07) is 3.55. The van der Waals surface area contributed by atoms with E-state index in [0.29, 0.717) is 0 Å². The lowest BCUT2D eigenvalue weighted by Crippen LogP contribution is -2.36. The van der Waals surface area contributed by atoms with E-state index in [0.717, 1.165) is 16.7 Å². The molecule has 0 aliphatic heterocycles. The van der Waals surface area contributed by atoms with E-state index >= 15 is 0 Å². The number of benzene rings is 1. The maximum atomic E-state index is 13.3. The van der Waals surface area contributed by atoms with Crippen LogP contribution in [0.1, 0.15) is 13.8 Å². The van der Waals surface area contributed by atoms with Crippen LogP contribution in [0, 0.1) is 5.82 Å². The highest BCUT2D eigenvalue weighted by Crippen LogP contribution is 2.49.